The zero-order valence-electron chi connectivity index (χ0n) is 13.8. The lowest BCUT2D eigenvalue weighted by atomic mass is 10.2. The van der Waals surface area contributed by atoms with E-state index in [1.807, 2.05) is 51.1 Å². The van der Waals surface area contributed by atoms with E-state index in [0.717, 1.165) is 15.9 Å². The predicted octanol–water partition coefficient (Wildman–Crippen LogP) is 4.32. The SMILES string of the molecule is CC(C)(C)OC(=O)CSc1nc(-c2ccco2)nc2ccccc12. The number of para-hydroxylation sites is 1. The number of furan rings is 1. The molecule has 0 spiro atoms. The van der Waals surface area contributed by atoms with Gasteiger partial charge in [-0.25, -0.2) is 9.97 Å². The van der Waals surface area contributed by atoms with Crippen molar-refractivity contribution in [2.75, 3.05) is 5.75 Å². The molecule has 0 fully saturated rings. The van der Waals surface area contributed by atoms with Gasteiger partial charge in [0.15, 0.2) is 11.6 Å². The highest BCUT2D eigenvalue weighted by atomic mass is 32.2. The molecule has 0 aliphatic heterocycles. The van der Waals surface area contributed by atoms with Crippen molar-refractivity contribution in [2.24, 2.45) is 0 Å². The summed E-state index contributed by atoms with van der Waals surface area (Å²) < 4.78 is 10.7. The molecule has 0 saturated heterocycles. The quantitative estimate of drug-likeness (QED) is 0.399. The fourth-order valence-corrected chi connectivity index (χ4v) is 2.96. The van der Waals surface area contributed by atoms with Crippen LogP contribution in [0.5, 0.6) is 0 Å². The number of hydrogen-bond acceptors (Lipinski definition) is 6. The summed E-state index contributed by atoms with van der Waals surface area (Å²) in [5, 5.41) is 1.64. The second-order valence-electron chi connectivity index (χ2n) is 6.22. The van der Waals surface area contributed by atoms with Crippen molar-refractivity contribution in [3.8, 4) is 11.6 Å². The Balaban J connectivity index is 1.90. The highest BCUT2D eigenvalue weighted by molar-refractivity contribution is 8.00. The van der Waals surface area contributed by atoms with Crippen LogP contribution >= 0.6 is 11.8 Å². The summed E-state index contributed by atoms with van der Waals surface area (Å²) >= 11 is 1.34. The van der Waals surface area contributed by atoms with Crippen LogP contribution in [0.3, 0.4) is 0 Å². The third-order valence-corrected chi connectivity index (χ3v) is 4.02. The Morgan fingerprint density at radius 2 is 1.96 bits per heavy atom. The molecular weight excluding hydrogens is 324 g/mol. The molecule has 0 bridgehead atoms. The number of fused-ring (bicyclic) bond motifs is 1. The van der Waals surface area contributed by atoms with Crippen LogP contribution in [0, 0.1) is 0 Å². The first-order chi connectivity index (χ1) is 11.4. The molecule has 124 valence electrons. The van der Waals surface area contributed by atoms with Crippen LogP contribution in [0.15, 0.2) is 52.1 Å². The molecule has 3 aromatic rings. The molecule has 2 heterocycles. The second-order valence-corrected chi connectivity index (χ2v) is 7.19. The van der Waals surface area contributed by atoms with Crippen molar-refractivity contribution in [1.82, 2.24) is 9.97 Å². The smallest absolute Gasteiger partial charge is 0.316 e. The van der Waals surface area contributed by atoms with Crippen LogP contribution in [0.25, 0.3) is 22.5 Å². The maximum absolute atomic E-state index is 12.0. The molecule has 2 aromatic heterocycles. The first kappa shape index (κ1) is 16.5. The van der Waals surface area contributed by atoms with E-state index < -0.39 is 5.60 Å². The molecule has 24 heavy (non-hydrogen) atoms. The average Bonchev–Trinajstić information content (AvgIpc) is 3.05. The van der Waals surface area contributed by atoms with Gasteiger partial charge in [0.1, 0.15) is 10.6 Å². The van der Waals surface area contributed by atoms with Gasteiger partial charge in [-0.1, -0.05) is 30.0 Å². The van der Waals surface area contributed by atoms with Gasteiger partial charge in [-0.3, -0.25) is 4.79 Å². The van der Waals surface area contributed by atoms with Crippen LogP contribution in [0.1, 0.15) is 20.8 Å². The number of nitrogens with zero attached hydrogens (tertiary/aromatic N) is 2. The largest absolute Gasteiger partial charge is 0.461 e. The lowest BCUT2D eigenvalue weighted by molar-refractivity contribution is -0.151. The molecular formula is C18H18N2O3S. The minimum Gasteiger partial charge on any atom is -0.461 e. The van der Waals surface area contributed by atoms with E-state index in [0.29, 0.717) is 11.6 Å². The Kier molecular flexibility index (Phi) is 4.57. The standard InChI is InChI=1S/C18H18N2O3S/c1-18(2,3)23-15(21)11-24-17-12-7-4-5-8-13(12)19-16(20-17)14-9-6-10-22-14/h4-10H,11H2,1-3H3. The van der Waals surface area contributed by atoms with Gasteiger partial charge in [0, 0.05) is 5.39 Å². The molecule has 0 atom stereocenters. The summed E-state index contributed by atoms with van der Waals surface area (Å²) in [6.45, 7) is 5.56. The lowest BCUT2D eigenvalue weighted by Gasteiger charge is -2.19. The van der Waals surface area contributed by atoms with Crippen molar-refractivity contribution < 1.29 is 13.9 Å². The van der Waals surface area contributed by atoms with Crippen molar-refractivity contribution in [3.05, 3.63) is 42.7 Å². The summed E-state index contributed by atoms with van der Waals surface area (Å²) in [5.74, 6) is 1.02. The fraction of sp³-hybridized carbons (Fsp3) is 0.278. The molecule has 6 heteroatoms. The third-order valence-electron chi connectivity index (χ3n) is 3.06. The molecule has 5 nitrogen and oxygen atoms in total. The van der Waals surface area contributed by atoms with Gasteiger partial charge in [0.05, 0.1) is 17.5 Å². The minimum absolute atomic E-state index is 0.190. The van der Waals surface area contributed by atoms with Gasteiger partial charge in [0.2, 0.25) is 0 Å². The van der Waals surface area contributed by atoms with Gasteiger partial charge < -0.3 is 9.15 Å². The van der Waals surface area contributed by atoms with E-state index in [9.17, 15) is 4.79 Å². The van der Waals surface area contributed by atoms with Crippen LogP contribution in [0.2, 0.25) is 0 Å². The lowest BCUT2D eigenvalue weighted by Crippen LogP contribution is -2.24. The zero-order chi connectivity index (χ0) is 17.2. The summed E-state index contributed by atoms with van der Waals surface area (Å²) in [6, 6.07) is 11.3. The predicted molar refractivity (Wildman–Crippen MR) is 93.8 cm³/mol. The van der Waals surface area contributed by atoms with E-state index in [2.05, 4.69) is 9.97 Å². The maximum Gasteiger partial charge on any atom is 0.316 e. The molecule has 0 N–H and O–H groups in total. The number of benzene rings is 1. The van der Waals surface area contributed by atoms with E-state index >= 15 is 0 Å². The van der Waals surface area contributed by atoms with Crippen molar-refractivity contribution in [3.63, 3.8) is 0 Å². The summed E-state index contributed by atoms with van der Waals surface area (Å²) in [5.41, 5.74) is 0.315. The van der Waals surface area contributed by atoms with Gasteiger partial charge in [-0.2, -0.15) is 0 Å². The average molecular weight is 342 g/mol. The van der Waals surface area contributed by atoms with Crippen molar-refractivity contribution in [1.29, 1.82) is 0 Å². The molecule has 0 aliphatic rings. The van der Waals surface area contributed by atoms with E-state index in [1.54, 1.807) is 12.3 Å². The molecule has 0 saturated carbocycles. The fourth-order valence-electron chi connectivity index (χ4n) is 2.17. The van der Waals surface area contributed by atoms with E-state index in [4.69, 9.17) is 9.15 Å². The Bertz CT molecular complexity index is 854. The van der Waals surface area contributed by atoms with Crippen LogP contribution in [-0.2, 0) is 9.53 Å². The Labute approximate surface area is 144 Å². The normalized spacial score (nSPS) is 11.6. The molecule has 3 rings (SSSR count). The van der Waals surface area contributed by atoms with Crippen molar-refractivity contribution >= 4 is 28.6 Å². The first-order valence-corrected chi connectivity index (χ1v) is 8.56. The second kappa shape index (κ2) is 6.65. The molecule has 0 unspecified atom stereocenters. The molecule has 0 radical (unpaired) electrons. The van der Waals surface area contributed by atoms with Gasteiger partial charge in [0.25, 0.3) is 0 Å². The first-order valence-electron chi connectivity index (χ1n) is 7.58. The number of carbonyl (C=O) groups excluding carboxylic acids is 1. The number of ether oxygens (including phenoxy) is 1. The van der Waals surface area contributed by atoms with Crippen molar-refractivity contribution in [2.45, 2.75) is 31.4 Å². The number of hydrogen-bond donors (Lipinski definition) is 0. The van der Waals surface area contributed by atoms with Crippen LogP contribution in [-0.4, -0.2) is 27.3 Å². The summed E-state index contributed by atoms with van der Waals surface area (Å²) in [4.78, 5) is 21.1. The van der Waals surface area contributed by atoms with Gasteiger partial charge in [-0.15, -0.1) is 0 Å². The topological polar surface area (TPSA) is 65.2 Å². The molecule has 0 aliphatic carbocycles. The maximum atomic E-state index is 12.0. The number of rotatable bonds is 4. The number of esters is 1. The van der Waals surface area contributed by atoms with E-state index in [-0.39, 0.29) is 11.7 Å². The Morgan fingerprint density at radius 3 is 2.67 bits per heavy atom. The minimum atomic E-state index is -0.495. The highest BCUT2D eigenvalue weighted by Crippen LogP contribution is 2.28. The van der Waals surface area contributed by atoms with Crippen LogP contribution in [0.4, 0.5) is 0 Å². The Hall–Kier alpha value is -2.34. The van der Waals surface area contributed by atoms with Gasteiger partial charge in [-0.05, 0) is 39.0 Å². The molecule has 0 amide bonds. The van der Waals surface area contributed by atoms with Crippen LogP contribution < -0.4 is 0 Å². The monoisotopic (exact) mass is 342 g/mol. The summed E-state index contributed by atoms with van der Waals surface area (Å²) in [6.07, 6.45) is 1.58. The number of carbonyl (C=O) groups is 1. The van der Waals surface area contributed by atoms with Gasteiger partial charge >= 0.3 is 5.97 Å². The molecule has 1 aromatic carbocycles. The Morgan fingerprint density at radius 1 is 1.17 bits per heavy atom. The zero-order valence-corrected chi connectivity index (χ0v) is 14.6. The number of aromatic nitrogens is 2. The summed E-state index contributed by atoms with van der Waals surface area (Å²) in [7, 11) is 0. The van der Waals surface area contributed by atoms with E-state index in [1.165, 1.54) is 11.8 Å². The number of thioether (sulfide) groups is 1. The highest BCUT2D eigenvalue weighted by Gasteiger charge is 2.18. The third kappa shape index (κ3) is 3.94.